The lowest BCUT2D eigenvalue weighted by Gasteiger charge is -2.33. The van der Waals surface area contributed by atoms with Gasteiger partial charge in [-0.15, -0.1) is 0 Å². The molecule has 14 aromatic carbocycles. The molecule has 0 fully saturated rings. The molecule has 6 heteroatoms. The van der Waals surface area contributed by atoms with Crippen LogP contribution in [0.5, 0.6) is 23.0 Å². The van der Waals surface area contributed by atoms with E-state index in [0.717, 1.165) is 158 Å². The molecular formula is C98H96N2O4. The summed E-state index contributed by atoms with van der Waals surface area (Å²) in [7, 11) is 0. The smallest absolute Gasteiger partial charge is 0.147 e. The SMILES string of the molecule is CCCCOc1cc(C)cc(OCCCC)c1N(c1ccc(C=C(c2ccc(C)cc2)c2ccc(C)cc2)cc1)c1ccc2c3cccc4c(N(c5ccc(C=C(c6ccc(C)cc6)c6ccc(C)cc6)cc5)c5c(OCCCC)cc(C)cc5OCCCC)c5ccccc5c(c5cccc1c25)c43. The number of unbranched alkanes of at least 4 members (excludes halogenated alkanes) is 4. The number of ether oxygens (including phenoxy) is 4. The molecule has 0 aromatic heterocycles. The zero-order chi connectivity index (χ0) is 71.8. The van der Waals surface area contributed by atoms with Crippen molar-refractivity contribution in [3.05, 3.63) is 309 Å². The number of nitrogens with zero attached hydrogens (tertiary/aromatic N) is 2. The van der Waals surface area contributed by atoms with Crippen molar-refractivity contribution in [1.29, 1.82) is 0 Å². The topological polar surface area (TPSA) is 43.4 Å². The third kappa shape index (κ3) is 14.5. The molecule has 0 atom stereocenters. The molecule has 14 rings (SSSR count). The molecule has 0 bridgehead atoms. The Labute approximate surface area is 615 Å². The molecule has 0 radical (unpaired) electrons. The van der Waals surface area contributed by atoms with Crippen molar-refractivity contribution in [2.45, 2.75) is 121 Å². The second-order valence-electron chi connectivity index (χ2n) is 28.3. The molecule has 0 saturated carbocycles. The molecule has 0 saturated heterocycles. The molecule has 0 aliphatic rings. The molecule has 0 N–H and O–H groups in total. The van der Waals surface area contributed by atoms with Gasteiger partial charge in [0.1, 0.15) is 34.4 Å². The molecule has 522 valence electrons. The molecule has 6 nitrogen and oxygen atoms in total. The lowest BCUT2D eigenvalue weighted by Crippen LogP contribution is -2.16. The van der Waals surface area contributed by atoms with Gasteiger partial charge in [0.2, 0.25) is 0 Å². The fourth-order valence-electron chi connectivity index (χ4n) is 14.7. The van der Waals surface area contributed by atoms with Crippen molar-refractivity contribution in [2.24, 2.45) is 0 Å². The van der Waals surface area contributed by atoms with E-state index in [4.69, 9.17) is 18.9 Å². The van der Waals surface area contributed by atoms with Crippen LogP contribution in [0.1, 0.15) is 146 Å². The van der Waals surface area contributed by atoms with Gasteiger partial charge in [0.15, 0.2) is 0 Å². The second kappa shape index (κ2) is 31.7. The Morgan fingerprint density at radius 3 is 1.02 bits per heavy atom. The van der Waals surface area contributed by atoms with Crippen LogP contribution >= 0.6 is 0 Å². The number of fused-ring (bicyclic) bond motifs is 4. The van der Waals surface area contributed by atoms with Crippen molar-refractivity contribution in [1.82, 2.24) is 0 Å². The minimum absolute atomic E-state index is 0.571. The molecule has 0 aliphatic carbocycles. The summed E-state index contributed by atoms with van der Waals surface area (Å²) in [5.74, 6) is 3.16. The van der Waals surface area contributed by atoms with Crippen LogP contribution in [0, 0.1) is 41.5 Å². The van der Waals surface area contributed by atoms with Crippen molar-refractivity contribution >= 4 is 111 Å². The Morgan fingerprint density at radius 1 is 0.279 bits per heavy atom. The monoisotopic (exact) mass is 1360 g/mol. The summed E-state index contributed by atoms with van der Waals surface area (Å²) >= 11 is 0. The summed E-state index contributed by atoms with van der Waals surface area (Å²) in [6, 6.07) is 90.3. The van der Waals surface area contributed by atoms with E-state index in [1.807, 2.05) is 0 Å². The summed E-state index contributed by atoms with van der Waals surface area (Å²) in [6.45, 7) is 24.1. The number of aryl methyl sites for hydroxylation is 6. The van der Waals surface area contributed by atoms with E-state index in [9.17, 15) is 0 Å². The summed E-state index contributed by atoms with van der Waals surface area (Å²) in [5.41, 5.74) is 22.1. The number of hydrogen-bond acceptors (Lipinski definition) is 6. The van der Waals surface area contributed by atoms with E-state index in [0.29, 0.717) is 26.4 Å². The number of anilines is 6. The molecular weight excluding hydrogens is 1270 g/mol. The standard InChI is InChI=1S/C98H96N2O4/c1-11-15-55-101-89-59-69(9)60-90(102-56-16-12-2)97(89)99(77-49-37-71(38-50-77)63-86(73-41-29-65(5)30-42-73)74-43-31-66(6)32-44-74)88-54-53-81-79-25-21-28-85-95(79)94(84-27-22-26-83(88)93(81)84)80-23-19-20-24-82(80)96(85)100(98-91(103-57-17-13-3)61-70(10)62-92(98)104-58-18-14-4)78-51-39-72(40-52-78)64-87(75-45-33-67(7)34-46-75)76-47-35-68(8)36-48-76/h19-54,59-64H,11-18,55-58H2,1-10H3. The first-order valence-electron chi connectivity index (χ1n) is 37.8. The van der Waals surface area contributed by atoms with Gasteiger partial charge in [0.05, 0.1) is 37.8 Å². The summed E-state index contributed by atoms with van der Waals surface area (Å²) in [5, 5.41) is 11.6. The summed E-state index contributed by atoms with van der Waals surface area (Å²) in [6.07, 6.45) is 12.4. The quantitative estimate of drug-likeness (QED) is 0.0211. The van der Waals surface area contributed by atoms with Gasteiger partial charge in [-0.2, -0.15) is 0 Å². The highest BCUT2D eigenvalue weighted by atomic mass is 16.5. The molecule has 0 aliphatic heterocycles. The Kier molecular flexibility index (Phi) is 21.3. The van der Waals surface area contributed by atoms with Gasteiger partial charge in [0, 0.05) is 32.9 Å². The van der Waals surface area contributed by atoms with Gasteiger partial charge < -0.3 is 28.7 Å². The van der Waals surface area contributed by atoms with Crippen LogP contribution in [0.25, 0.3) is 77.2 Å². The van der Waals surface area contributed by atoms with Gasteiger partial charge in [-0.05, 0) is 222 Å². The zero-order valence-corrected chi connectivity index (χ0v) is 62.3. The second-order valence-corrected chi connectivity index (χ2v) is 28.3. The number of hydrogen-bond donors (Lipinski definition) is 0. The predicted octanol–water partition coefficient (Wildman–Crippen LogP) is 27.6. The van der Waals surface area contributed by atoms with Gasteiger partial charge in [-0.25, -0.2) is 0 Å². The minimum Gasteiger partial charge on any atom is -0.491 e. The van der Waals surface area contributed by atoms with Crippen LogP contribution in [-0.2, 0) is 0 Å². The molecule has 14 aromatic rings. The van der Waals surface area contributed by atoms with E-state index in [-0.39, 0.29) is 0 Å². The van der Waals surface area contributed by atoms with Crippen LogP contribution in [0.3, 0.4) is 0 Å². The number of benzene rings is 14. The van der Waals surface area contributed by atoms with Gasteiger partial charge in [-0.3, -0.25) is 0 Å². The summed E-state index contributed by atoms with van der Waals surface area (Å²) in [4.78, 5) is 4.89. The Morgan fingerprint density at radius 2 is 0.606 bits per heavy atom. The van der Waals surface area contributed by atoms with Crippen molar-refractivity contribution in [2.75, 3.05) is 36.2 Å². The minimum atomic E-state index is 0.571. The predicted molar refractivity (Wildman–Crippen MR) is 444 cm³/mol. The van der Waals surface area contributed by atoms with E-state index >= 15 is 0 Å². The van der Waals surface area contributed by atoms with Crippen LogP contribution in [-0.4, -0.2) is 26.4 Å². The first-order chi connectivity index (χ1) is 50.9. The third-order valence-electron chi connectivity index (χ3n) is 20.3. The van der Waals surface area contributed by atoms with Gasteiger partial charge >= 0.3 is 0 Å². The maximum absolute atomic E-state index is 7.08. The largest absolute Gasteiger partial charge is 0.491 e. The van der Waals surface area contributed by atoms with E-state index in [1.54, 1.807) is 0 Å². The van der Waals surface area contributed by atoms with Crippen molar-refractivity contribution in [3.63, 3.8) is 0 Å². The maximum Gasteiger partial charge on any atom is 0.147 e. The molecule has 104 heavy (non-hydrogen) atoms. The Hall–Kier alpha value is -11.1. The third-order valence-corrected chi connectivity index (χ3v) is 20.3. The molecule has 0 heterocycles. The highest BCUT2D eigenvalue weighted by molar-refractivity contribution is 6.41. The first kappa shape index (κ1) is 70.0. The average Bonchev–Trinajstić information content (AvgIpc) is 0.692. The van der Waals surface area contributed by atoms with E-state index in [2.05, 4.69) is 334 Å². The lowest BCUT2D eigenvalue weighted by molar-refractivity contribution is 0.295. The highest BCUT2D eigenvalue weighted by Gasteiger charge is 2.31. The molecule has 0 unspecified atom stereocenters. The van der Waals surface area contributed by atoms with Crippen LogP contribution < -0.4 is 28.7 Å². The van der Waals surface area contributed by atoms with Crippen molar-refractivity contribution in [3.8, 4) is 23.0 Å². The molecule has 0 amide bonds. The van der Waals surface area contributed by atoms with Crippen LogP contribution in [0.15, 0.2) is 243 Å². The maximum atomic E-state index is 7.08. The fourth-order valence-corrected chi connectivity index (χ4v) is 14.7. The Bertz CT molecular complexity index is 5240. The fraction of sp³-hybridized carbons (Fsp3) is 0.224. The lowest BCUT2D eigenvalue weighted by atomic mass is 9.85. The molecule has 0 spiro atoms. The van der Waals surface area contributed by atoms with Crippen LogP contribution in [0.4, 0.5) is 34.1 Å². The van der Waals surface area contributed by atoms with Crippen LogP contribution in [0.2, 0.25) is 0 Å². The van der Waals surface area contributed by atoms with Gasteiger partial charge in [0.25, 0.3) is 0 Å². The Balaban J connectivity index is 1.01. The van der Waals surface area contributed by atoms with Crippen molar-refractivity contribution < 1.29 is 18.9 Å². The van der Waals surface area contributed by atoms with Gasteiger partial charge in [-0.1, -0.05) is 264 Å². The van der Waals surface area contributed by atoms with E-state index in [1.165, 1.54) is 82.4 Å². The van der Waals surface area contributed by atoms with E-state index < -0.39 is 0 Å². The first-order valence-corrected chi connectivity index (χ1v) is 37.8. The normalized spacial score (nSPS) is 11.4. The average molecular weight is 1370 g/mol. The highest BCUT2D eigenvalue weighted by Crippen LogP contribution is 2.57. The number of rotatable bonds is 28. The summed E-state index contributed by atoms with van der Waals surface area (Å²) < 4.78 is 28.2. The zero-order valence-electron chi connectivity index (χ0n) is 62.3.